The zero-order chi connectivity index (χ0) is 17.3. The molecular weight excluding hydrogens is 318 g/mol. The van der Waals surface area contributed by atoms with Gasteiger partial charge in [-0.25, -0.2) is 4.99 Å². The van der Waals surface area contributed by atoms with E-state index in [9.17, 15) is 4.79 Å². The van der Waals surface area contributed by atoms with E-state index < -0.39 is 0 Å². The molecule has 5 heteroatoms. The monoisotopic (exact) mass is 339 g/mol. The Morgan fingerprint density at radius 2 is 2.00 bits per heavy atom. The zero-order valence-electron chi connectivity index (χ0n) is 14.3. The molecule has 1 saturated heterocycles. The third kappa shape index (κ3) is 3.46. The summed E-state index contributed by atoms with van der Waals surface area (Å²) in [5.74, 6) is -0.0951. The highest BCUT2D eigenvalue weighted by atomic mass is 32.2. The van der Waals surface area contributed by atoms with Gasteiger partial charge in [-0.2, -0.15) is 0 Å². The number of carbonyl (C=O) groups excluding carboxylic acids is 1. The first-order chi connectivity index (χ1) is 11.4. The normalized spacial score (nSPS) is 18.0. The van der Waals surface area contributed by atoms with Crippen LogP contribution in [-0.2, 0) is 4.79 Å². The van der Waals surface area contributed by atoms with Gasteiger partial charge in [0.1, 0.15) is 0 Å². The largest absolute Gasteiger partial charge is 0.349 e. The minimum absolute atomic E-state index is 0.0951. The molecule has 1 N–H and O–H groups in total. The minimum atomic E-state index is -0.0951. The molecule has 1 aromatic carbocycles. The summed E-state index contributed by atoms with van der Waals surface area (Å²) in [7, 11) is 0. The molecule has 0 aliphatic carbocycles. The highest BCUT2D eigenvalue weighted by Gasteiger charge is 2.24. The van der Waals surface area contributed by atoms with Crippen molar-refractivity contribution in [2.75, 3.05) is 0 Å². The number of amidine groups is 1. The number of carbonyl (C=O) groups is 1. The van der Waals surface area contributed by atoms with Crippen LogP contribution in [0.3, 0.4) is 0 Å². The Balaban J connectivity index is 1.85. The average molecular weight is 339 g/mol. The Morgan fingerprint density at radius 1 is 1.25 bits per heavy atom. The van der Waals surface area contributed by atoms with Crippen LogP contribution in [0.15, 0.2) is 46.4 Å². The van der Waals surface area contributed by atoms with E-state index in [0.717, 1.165) is 16.8 Å². The summed E-state index contributed by atoms with van der Waals surface area (Å²) in [6.07, 6.45) is 4.00. The van der Waals surface area contributed by atoms with E-state index in [-0.39, 0.29) is 5.91 Å². The van der Waals surface area contributed by atoms with E-state index in [1.807, 2.05) is 37.3 Å². The van der Waals surface area contributed by atoms with Gasteiger partial charge >= 0.3 is 0 Å². The van der Waals surface area contributed by atoms with Gasteiger partial charge < -0.3 is 9.88 Å². The Morgan fingerprint density at radius 3 is 2.67 bits per heavy atom. The van der Waals surface area contributed by atoms with Crippen molar-refractivity contribution in [3.8, 4) is 0 Å². The SMILES string of the molecule is Cc1ccccc1N=C1NC(=O)/C(=C\c2cc(C)n(C(C)C)c2)S1. The Labute approximate surface area is 146 Å². The Hall–Kier alpha value is -2.27. The van der Waals surface area contributed by atoms with E-state index in [1.54, 1.807) is 0 Å². The van der Waals surface area contributed by atoms with Crippen LogP contribution in [0, 0.1) is 13.8 Å². The van der Waals surface area contributed by atoms with Gasteiger partial charge in [-0.05, 0) is 68.8 Å². The standard InChI is InChI=1S/C19H21N3OS/c1-12(2)22-11-15(9-14(22)4)10-17-18(23)21-19(24-17)20-16-8-6-5-7-13(16)3/h5-12H,1-4H3,(H,20,21,23)/b17-10+. The number of aromatic nitrogens is 1. The van der Waals surface area contributed by atoms with E-state index in [2.05, 4.69) is 47.9 Å². The van der Waals surface area contributed by atoms with Gasteiger partial charge in [0.25, 0.3) is 5.91 Å². The number of thioether (sulfide) groups is 1. The number of hydrogen-bond donors (Lipinski definition) is 1. The number of amides is 1. The number of nitrogens with zero attached hydrogens (tertiary/aromatic N) is 2. The first-order valence-corrected chi connectivity index (χ1v) is 8.79. The van der Waals surface area contributed by atoms with Crippen LogP contribution < -0.4 is 5.32 Å². The van der Waals surface area contributed by atoms with E-state index in [4.69, 9.17) is 0 Å². The number of aliphatic imine (C=N–C) groups is 1. The zero-order valence-corrected chi connectivity index (χ0v) is 15.1. The lowest BCUT2D eigenvalue weighted by Gasteiger charge is -2.08. The lowest BCUT2D eigenvalue weighted by molar-refractivity contribution is -0.115. The summed E-state index contributed by atoms with van der Waals surface area (Å²) >= 11 is 1.38. The fraction of sp³-hybridized carbons (Fsp3) is 0.263. The van der Waals surface area contributed by atoms with E-state index in [1.165, 1.54) is 17.5 Å². The molecule has 1 fully saturated rings. The number of rotatable bonds is 3. The number of para-hydroxylation sites is 1. The van der Waals surface area contributed by atoms with Crippen molar-refractivity contribution in [1.82, 2.24) is 9.88 Å². The molecule has 0 saturated carbocycles. The minimum Gasteiger partial charge on any atom is -0.349 e. The first kappa shape index (κ1) is 16.6. The maximum Gasteiger partial charge on any atom is 0.264 e. The van der Waals surface area contributed by atoms with E-state index >= 15 is 0 Å². The molecule has 124 valence electrons. The second-order valence-electron chi connectivity index (χ2n) is 6.18. The molecule has 0 spiro atoms. The van der Waals surface area contributed by atoms with Gasteiger partial charge in [-0.15, -0.1) is 0 Å². The molecular formula is C19H21N3OS. The van der Waals surface area contributed by atoms with Gasteiger partial charge in [-0.1, -0.05) is 18.2 Å². The van der Waals surface area contributed by atoms with Crippen molar-refractivity contribution in [2.45, 2.75) is 33.7 Å². The predicted molar refractivity (Wildman–Crippen MR) is 102 cm³/mol. The smallest absolute Gasteiger partial charge is 0.264 e. The molecule has 1 aromatic heterocycles. The Bertz CT molecular complexity index is 846. The quantitative estimate of drug-likeness (QED) is 0.832. The molecule has 0 atom stereocenters. The molecule has 0 radical (unpaired) electrons. The Kier molecular flexibility index (Phi) is 4.62. The van der Waals surface area contributed by atoms with Crippen LogP contribution in [0.5, 0.6) is 0 Å². The molecule has 1 amide bonds. The number of aryl methyl sites for hydroxylation is 2. The molecule has 0 bridgehead atoms. The number of nitrogens with one attached hydrogen (secondary N) is 1. The molecule has 4 nitrogen and oxygen atoms in total. The molecule has 1 aliphatic heterocycles. The molecule has 0 unspecified atom stereocenters. The van der Waals surface area contributed by atoms with Crippen molar-refractivity contribution in [3.63, 3.8) is 0 Å². The van der Waals surface area contributed by atoms with Crippen LogP contribution >= 0.6 is 11.8 Å². The summed E-state index contributed by atoms with van der Waals surface area (Å²) in [5.41, 5.74) is 4.19. The van der Waals surface area contributed by atoms with Gasteiger partial charge in [0.05, 0.1) is 10.6 Å². The van der Waals surface area contributed by atoms with Crippen LogP contribution in [0.4, 0.5) is 5.69 Å². The maximum absolute atomic E-state index is 12.2. The van der Waals surface area contributed by atoms with Crippen LogP contribution in [0.1, 0.15) is 36.7 Å². The lowest BCUT2D eigenvalue weighted by Crippen LogP contribution is -2.19. The van der Waals surface area contributed by atoms with Crippen molar-refractivity contribution in [1.29, 1.82) is 0 Å². The van der Waals surface area contributed by atoms with Crippen LogP contribution in [-0.4, -0.2) is 15.6 Å². The second kappa shape index (κ2) is 6.69. The first-order valence-electron chi connectivity index (χ1n) is 7.98. The number of hydrogen-bond acceptors (Lipinski definition) is 3. The van der Waals surface area contributed by atoms with Crippen molar-refractivity contribution in [3.05, 3.63) is 58.3 Å². The molecule has 1 aliphatic rings. The van der Waals surface area contributed by atoms with Crippen LogP contribution in [0.25, 0.3) is 6.08 Å². The summed E-state index contributed by atoms with van der Waals surface area (Å²) in [4.78, 5) is 17.4. The molecule has 2 aromatic rings. The third-order valence-corrected chi connectivity index (χ3v) is 4.82. The predicted octanol–water partition coefficient (Wildman–Crippen LogP) is 4.58. The summed E-state index contributed by atoms with van der Waals surface area (Å²) < 4.78 is 2.20. The topological polar surface area (TPSA) is 46.4 Å². The van der Waals surface area contributed by atoms with Crippen LogP contribution in [0.2, 0.25) is 0 Å². The summed E-state index contributed by atoms with van der Waals surface area (Å²) in [6, 6.07) is 10.4. The molecule has 3 rings (SSSR count). The van der Waals surface area contributed by atoms with Crippen molar-refractivity contribution in [2.24, 2.45) is 4.99 Å². The highest BCUT2D eigenvalue weighted by Crippen LogP contribution is 2.29. The lowest BCUT2D eigenvalue weighted by atomic mass is 10.2. The fourth-order valence-electron chi connectivity index (χ4n) is 2.68. The number of benzene rings is 1. The molecule has 24 heavy (non-hydrogen) atoms. The summed E-state index contributed by atoms with van der Waals surface area (Å²) in [5, 5.41) is 3.47. The van der Waals surface area contributed by atoms with Crippen molar-refractivity contribution < 1.29 is 4.79 Å². The van der Waals surface area contributed by atoms with Crippen molar-refractivity contribution >= 4 is 34.6 Å². The second-order valence-corrected chi connectivity index (χ2v) is 7.21. The van der Waals surface area contributed by atoms with E-state index in [0.29, 0.717) is 16.1 Å². The molecule has 2 heterocycles. The average Bonchev–Trinajstić information content (AvgIpc) is 3.05. The third-order valence-electron chi connectivity index (χ3n) is 3.91. The maximum atomic E-state index is 12.2. The van der Waals surface area contributed by atoms with Gasteiger partial charge in [0.15, 0.2) is 5.17 Å². The van der Waals surface area contributed by atoms with Gasteiger partial charge in [0, 0.05) is 17.9 Å². The summed E-state index contributed by atoms with van der Waals surface area (Å²) in [6.45, 7) is 8.38. The fourth-order valence-corrected chi connectivity index (χ4v) is 3.52. The van der Waals surface area contributed by atoms with Gasteiger partial charge in [0.2, 0.25) is 0 Å². The highest BCUT2D eigenvalue weighted by molar-refractivity contribution is 8.18. The van der Waals surface area contributed by atoms with Gasteiger partial charge in [-0.3, -0.25) is 4.79 Å².